The molecule has 5 nitrogen and oxygen atoms in total. The lowest BCUT2D eigenvalue weighted by Crippen LogP contribution is -2.24. The number of hydrogen-bond acceptors (Lipinski definition) is 5. The molecule has 0 aromatic carbocycles. The summed E-state index contributed by atoms with van der Waals surface area (Å²) in [5.74, 6) is -1.85. The van der Waals surface area contributed by atoms with E-state index in [-0.39, 0.29) is 18.1 Å². The Kier molecular flexibility index (Phi) is 6.43. The van der Waals surface area contributed by atoms with E-state index < -0.39 is 52.8 Å². The maximum Gasteiger partial charge on any atom is 0.433 e. The first kappa shape index (κ1) is 21.8. The average Bonchev–Trinajstić information content (AvgIpc) is 3.12. The van der Waals surface area contributed by atoms with Crippen molar-refractivity contribution in [1.29, 1.82) is 0 Å². The monoisotopic (exact) mass is 407 g/mol. The minimum Gasteiger partial charge on any atom is -0.466 e. The Morgan fingerprint density at radius 3 is 2.39 bits per heavy atom. The van der Waals surface area contributed by atoms with Crippen LogP contribution < -0.4 is 0 Å². The van der Waals surface area contributed by atoms with Gasteiger partial charge < -0.3 is 14.3 Å². The fraction of sp³-hybridized carbons (Fsp3) is 0.444. The summed E-state index contributed by atoms with van der Waals surface area (Å²) >= 11 is 0. The topological polar surface area (TPSA) is 72.6 Å². The van der Waals surface area contributed by atoms with Gasteiger partial charge >= 0.3 is 12.1 Å². The van der Waals surface area contributed by atoms with Crippen molar-refractivity contribution in [1.82, 2.24) is 4.98 Å². The number of methoxy groups -OCH3 is 1. The van der Waals surface area contributed by atoms with Crippen LogP contribution in [0.3, 0.4) is 0 Å². The van der Waals surface area contributed by atoms with Gasteiger partial charge in [-0.2, -0.15) is 13.2 Å². The van der Waals surface area contributed by atoms with Crippen LogP contribution in [0.2, 0.25) is 0 Å². The maximum atomic E-state index is 13.7. The van der Waals surface area contributed by atoms with Gasteiger partial charge in [-0.05, 0) is 30.0 Å². The van der Waals surface area contributed by atoms with Gasteiger partial charge in [-0.25, -0.2) is 18.6 Å². The lowest BCUT2D eigenvalue weighted by Gasteiger charge is -2.24. The highest BCUT2D eigenvalue weighted by Crippen LogP contribution is 2.41. The van der Waals surface area contributed by atoms with Gasteiger partial charge in [0.1, 0.15) is 17.6 Å². The van der Waals surface area contributed by atoms with Crippen LogP contribution in [0.15, 0.2) is 22.8 Å². The van der Waals surface area contributed by atoms with Gasteiger partial charge in [0.05, 0.1) is 18.9 Å². The number of aliphatic hydroxyl groups excluding tert-OH is 1. The largest absolute Gasteiger partial charge is 0.466 e. The number of furan rings is 1. The molecule has 0 saturated carbocycles. The first-order valence-corrected chi connectivity index (χ1v) is 8.20. The molecule has 2 aromatic heterocycles. The standard InChI is InChI=1S/C18H18F5NO4/c1-8(2)7-9-11(17(26)27-3)13(16(19)20)24-15(18(21,22)23)12(9)14(25)10-5-4-6-28-10/h4-6,8,14,16,25H,7H2,1-3H3. The summed E-state index contributed by atoms with van der Waals surface area (Å²) in [5.41, 5.74) is -5.02. The minimum absolute atomic E-state index is 0.206. The van der Waals surface area contributed by atoms with Crippen LogP contribution in [-0.2, 0) is 17.3 Å². The van der Waals surface area contributed by atoms with E-state index in [2.05, 4.69) is 9.72 Å². The van der Waals surface area contributed by atoms with Gasteiger partial charge in [0, 0.05) is 5.56 Å². The SMILES string of the molecule is COC(=O)c1c(C(F)F)nc(C(F)(F)F)c(C(O)c2ccco2)c1CC(C)C. The van der Waals surface area contributed by atoms with Crippen LogP contribution in [0.4, 0.5) is 22.0 Å². The fourth-order valence-corrected chi connectivity index (χ4v) is 2.88. The molecule has 0 bridgehead atoms. The summed E-state index contributed by atoms with van der Waals surface area (Å²) in [6.45, 7) is 3.25. The predicted octanol–water partition coefficient (Wildman–Crippen LogP) is 4.70. The summed E-state index contributed by atoms with van der Waals surface area (Å²) < 4.78 is 77.5. The first-order chi connectivity index (χ1) is 13.0. The molecule has 1 N–H and O–H groups in total. The molecule has 0 fully saturated rings. The normalized spacial score (nSPS) is 13.2. The molecular formula is C18H18F5NO4. The predicted molar refractivity (Wildman–Crippen MR) is 86.8 cm³/mol. The number of aromatic nitrogens is 1. The summed E-state index contributed by atoms with van der Waals surface area (Å²) in [4.78, 5) is 15.2. The molecule has 0 amide bonds. The van der Waals surface area contributed by atoms with E-state index >= 15 is 0 Å². The van der Waals surface area contributed by atoms with Crippen molar-refractivity contribution in [2.75, 3.05) is 7.11 Å². The van der Waals surface area contributed by atoms with E-state index in [0.717, 1.165) is 13.4 Å². The van der Waals surface area contributed by atoms with Crippen LogP contribution in [0, 0.1) is 5.92 Å². The molecule has 0 aliphatic heterocycles. The average molecular weight is 407 g/mol. The van der Waals surface area contributed by atoms with Crippen molar-refractivity contribution in [3.05, 3.63) is 52.2 Å². The molecule has 0 spiro atoms. The van der Waals surface area contributed by atoms with Crippen molar-refractivity contribution in [3.8, 4) is 0 Å². The van der Waals surface area contributed by atoms with Crippen LogP contribution in [0.1, 0.15) is 65.0 Å². The van der Waals surface area contributed by atoms with Crippen LogP contribution in [0.25, 0.3) is 0 Å². The van der Waals surface area contributed by atoms with Gasteiger partial charge in [0.15, 0.2) is 5.69 Å². The zero-order valence-electron chi connectivity index (χ0n) is 15.2. The minimum atomic E-state index is -5.16. The molecule has 28 heavy (non-hydrogen) atoms. The first-order valence-electron chi connectivity index (χ1n) is 8.20. The molecule has 154 valence electrons. The molecule has 10 heteroatoms. The Hall–Kier alpha value is -2.49. The highest BCUT2D eigenvalue weighted by Gasteiger charge is 2.43. The number of aliphatic hydroxyl groups is 1. The van der Waals surface area contributed by atoms with Gasteiger partial charge in [-0.15, -0.1) is 0 Å². The summed E-state index contributed by atoms with van der Waals surface area (Å²) in [6.07, 6.45) is -9.66. The molecule has 2 rings (SSSR count). The summed E-state index contributed by atoms with van der Waals surface area (Å²) in [7, 11) is 0.914. The number of rotatable bonds is 6. The third-order valence-electron chi connectivity index (χ3n) is 3.93. The highest BCUT2D eigenvalue weighted by atomic mass is 19.4. The van der Waals surface area contributed by atoms with Gasteiger partial charge in [-0.3, -0.25) is 0 Å². The number of pyridine rings is 1. The lowest BCUT2D eigenvalue weighted by molar-refractivity contribution is -0.143. The van der Waals surface area contributed by atoms with Gasteiger partial charge in [0.2, 0.25) is 0 Å². The summed E-state index contributed by atoms with van der Waals surface area (Å²) in [6, 6.07) is 2.57. The molecule has 0 aliphatic carbocycles. The number of esters is 1. The molecular weight excluding hydrogens is 389 g/mol. The van der Waals surface area contributed by atoms with Crippen LogP contribution >= 0.6 is 0 Å². The van der Waals surface area contributed by atoms with Crippen LogP contribution in [0.5, 0.6) is 0 Å². The number of ether oxygens (including phenoxy) is 1. The van der Waals surface area contributed by atoms with Gasteiger partial charge in [-0.1, -0.05) is 13.8 Å². The maximum absolute atomic E-state index is 13.7. The van der Waals surface area contributed by atoms with Crippen LogP contribution in [-0.4, -0.2) is 23.2 Å². The lowest BCUT2D eigenvalue weighted by atomic mass is 9.88. The molecule has 2 heterocycles. The third kappa shape index (κ3) is 4.32. The Morgan fingerprint density at radius 1 is 1.32 bits per heavy atom. The second kappa shape index (κ2) is 8.26. The highest BCUT2D eigenvalue weighted by molar-refractivity contribution is 5.93. The van der Waals surface area contributed by atoms with Crippen molar-refractivity contribution < 1.29 is 41.0 Å². The fourth-order valence-electron chi connectivity index (χ4n) is 2.88. The molecule has 0 aliphatic rings. The van der Waals surface area contributed by atoms with E-state index in [0.29, 0.717) is 0 Å². The number of carbonyl (C=O) groups is 1. The van der Waals surface area contributed by atoms with Gasteiger partial charge in [0.25, 0.3) is 6.43 Å². The second-order valence-electron chi connectivity index (χ2n) is 6.42. The summed E-state index contributed by atoms with van der Waals surface area (Å²) in [5, 5.41) is 10.6. The number of nitrogens with zero attached hydrogens (tertiary/aromatic N) is 1. The van der Waals surface area contributed by atoms with E-state index in [9.17, 15) is 31.9 Å². The number of hydrogen-bond donors (Lipinski definition) is 1. The Bertz CT molecular complexity index is 831. The zero-order valence-corrected chi connectivity index (χ0v) is 15.2. The molecule has 0 saturated heterocycles. The van der Waals surface area contributed by atoms with E-state index in [1.807, 2.05) is 0 Å². The third-order valence-corrected chi connectivity index (χ3v) is 3.93. The molecule has 1 unspecified atom stereocenters. The number of carbonyl (C=O) groups excluding carboxylic acids is 1. The number of halogens is 5. The Labute approximate surface area is 157 Å². The van der Waals surface area contributed by atoms with Crippen molar-refractivity contribution in [2.45, 2.75) is 39.0 Å². The Morgan fingerprint density at radius 2 is 1.96 bits per heavy atom. The molecule has 1 atom stereocenters. The smallest absolute Gasteiger partial charge is 0.433 e. The Balaban J connectivity index is 2.97. The van der Waals surface area contributed by atoms with E-state index in [1.54, 1.807) is 13.8 Å². The molecule has 2 aromatic rings. The molecule has 0 radical (unpaired) electrons. The van der Waals surface area contributed by atoms with Crippen molar-refractivity contribution in [3.63, 3.8) is 0 Å². The quantitative estimate of drug-likeness (QED) is 0.555. The van der Waals surface area contributed by atoms with Crippen molar-refractivity contribution in [2.24, 2.45) is 5.92 Å². The second-order valence-corrected chi connectivity index (χ2v) is 6.42. The van der Waals surface area contributed by atoms with E-state index in [4.69, 9.17) is 4.42 Å². The van der Waals surface area contributed by atoms with Crippen molar-refractivity contribution >= 4 is 5.97 Å². The number of alkyl halides is 5. The zero-order chi connectivity index (χ0) is 21.2. The van der Waals surface area contributed by atoms with E-state index in [1.165, 1.54) is 12.1 Å².